The molecule has 6 nitrogen and oxygen atoms in total. The quantitative estimate of drug-likeness (QED) is 0.390. The molecule has 2 aromatic carbocycles. The third-order valence-electron chi connectivity index (χ3n) is 4.17. The lowest BCUT2D eigenvalue weighted by atomic mass is 10.1. The molecule has 4 rings (SSSR count). The summed E-state index contributed by atoms with van der Waals surface area (Å²) in [6.45, 7) is 2.09. The molecule has 28 heavy (non-hydrogen) atoms. The number of carbonyl (C=O) groups excluding carboxylic acids is 1. The second-order valence-corrected chi connectivity index (χ2v) is 6.90. The molecule has 2 heterocycles. The second-order valence-electron chi connectivity index (χ2n) is 5.96. The Morgan fingerprint density at radius 1 is 1.18 bits per heavy atom. The number of nitrogens with one attached hydrogen (secondary N) is 1. The number of nitrogens with zero attached hydrogens (tertiary/aromatic N) is 3. The van der Waals surface area contributed by atoms with E-state index < -0.39 is 0 Å². The van der Waals surface area contributed by atoms with E-state index in [0.717, 1.165) is 16.5 Å². The van der Waals surface area contributed by atoms with Crippen LogP contribution < -0.4 is 0 Å². The van der Waals surface area contributed by atoms with Crippen LogP contribution in [0.3, 0.4) is 0 Å². The minimum atomic E-state index is -0.328. The van der Waals surface area contributed by atoms with Gasteiger partial charge in [0, 0.05) is 28.4 Å². The predicted octanol–water partition coefficient (Wildman–Crippen LogP) is 4.21. The van der Waals surface area contributed by atoms with Crippen molar-refractivity contribution in [2.45, 2.75) is 12.1 Å². The molecular formula is C20H17FN4O2S. The van der Waals surface area contributed by atoms with Crippen LogP contribution >= 0.6 is 11.8 Å². The monoisotopic (exact) mass is 396 g/mol. The van der Waals surface area contributed by atoms with Gasteiger partial charge in [-0.1, -0.05) is 30.0 Å². The van der Waals surface area contributed by atoms with Gasteiger partial charge in [-0.15, -0.1) is 10.2 Å². The maximum absolute atomic E-state index is 13.4. The smallest absolute Gasteiger partial charge is 0.316 e. The van der Waals surface area contributed by atoms with Gasteiger partial charge in [0.15, 0.2) is 11.0 Å². The second kappa shape index (κ2) is 7.85. The molecule has 1 N–H and O–H groups in total. The third kappa shape index (κ3) is 3.50. The van der Waals surface area contributed by atoms with Gasteiger partial charge in [-0.3, -0.25) is 9.36 Å². The number of thioether (sulfide) groups is 1. The average Bonchev–Trinajstić information content (AvgIpc) is 3.31. The fourth-order valence-corrected chi connectivity index (χ4v) is 3.69. The van der Waals surface area contributed by atoms with Gasteiger partial charge in [-0.05, 0) is 37.3 Å². The lowest BCUT2D eigenvalue weighted by Gasteiger charge is -2.10. The summed E-state index contributed by atoms with van der Waals surface area (Å²) in [5, 5.41) is 10.2. The number of aromatic amines is 1. The lowest BCUT2D eigenvalue weighted by Crippen LogP contribution is -2.08. The molecule has 0 atom stereocenters. The highest BCUT2D eigenvalue weighted by Crippen LogP contribution is 2.32. The van der Waals surface area contributed by atoms with E-state index in [1.54, 1.807) is 19.1 Å². The first-order valence-electron chi connectivity index (χ1n) is 8.73. The fourth-order valence-electron chi connectivity index (χ4n) is 2.94. The molecule has 0 spiro atoms. The fraction of sp³-hybridized carbons (Fsp3) is 0.150. The highest BCUT2D eigenvalue weighted by atomic mass is 32.2. The van der Waals surface area contributed by atoms with Crippen LogP contribution in [0.15, 0.2) is 59.9 Å². The molecule has 142 valence electrons. The summed E-state index contributed by atoms with van der Waals surface area (Å²) >= 11 is 1.23. The van der Waals surface area contributed by atoms with Gasteiger partial charge in [0.1, 0.15) is 5.82 Å². The molecule has 0 aliphatic heterocycles. The summed E-state index contributed by atoms with van der Waals surface area (Å²) in [5.41, 5.74) is 2.56. The van der Waals surface area contributed by atoms with E-state index in [2.05, 4.69) is 15.2 Å². The van der Waals surface area contributed by atoms with Crippen LogP contribution in [0.25, 0.3) is 28.0 Å². The van der Waals surface area contributed by atoms with Crippen LogP contribution in [0.1, 0.15) is 6.92 Å². The van der Waals surface area contributed by atoms with Gasteiger partial charge in [-0.25, -0.2) is 4.39 Å². The lowest BCUT2D eigenvalue weighted by molar-refractivity contribution is -0.139. The van der Waals surface area contributed by atoms with E-state index in [-0.39, 0.29) is 17.5 Å². The minimum Gasteiger partial charge on any atom is -0.465 e. The number of ether oxygens (including phenoxy) is 1. The van der Waals surface area contributed by atoms with Crippen molar-refractivity contribution in [2.24, 2.45) is 0 Å². The van der Waals surface area contributed by atoms with Crippen molar-refractivity contribution in [3.8, 4) is 17.1 Å². The van der Waals surface area contributed by atoms with E-state index in [4.69, 9.17) is 4.74 Å². The van der Waals surface area contributed by atoms with Crippen molar-refractivity contribution < 1.29 is 13.9 Å². The molecule has 8 heteroatoms. The summed E-state index contributed by atoms with van der Waals surface area (Å²) in [4.78, 5) is 15.0. The topological polar surface area (TPSA) is 72.8 Å². The zero-order chi connectivity index (χ0) is 19.5. The number of para-hydroxylation sites is 1. The van der Waals surface area contributed by atoms with Crippen LogP contribution in [0.4, 0.5) is 4.39 Å². The zero-order valence-corrected chi connectivity index (χ0v) is 15.9. The molecule has 4 aromatic rings. The number of halogens is 1. The van der Waals surface area contributed by atoms with Crippen molar-refractivity contribution in [3.63, 3.8) is 0 Å². The minimum absolute atomic E-state index is 0.112. The molecule has 0 aliphatic rings. The van der Waals surface area contributed by atoms with E-state index >= 15 is 0 Å². The standard InChI is InChI=1S/C20H17FN4O2S/c1-2-27-18(26)12-28-20-24-23-19(25(20)14-9-7-13(21)8-10-14)16-11-22-17-6-4-3-5-15(16)17/h3-11,22H,2,12H2,1H3. The number of H-pyrrole nitrogens is 1. The Labute approximate surface area is 164 Å². The third-order valence-corrected chi connectivity index (χ3v) is 5.08. The van der Waals surface area contributed by atoms with E-state index in [9.17, 15) is 9.18 Å². The molecule has 0 bridgehead atoms. The number of rotatable bonds is 6. The molecule has 2 aromatic heterocycles. The number of hydrogen-bond donors (Lipinski definition) is 1. The molecule has 0 saturated heterocycles. The zero-order valence-electron chi connectivity index (χ0n) is 15.1. The van der Waals surface area contributed by atoms with Gasteiger partial charge in [0.25, 0.3) is 0 Å². The molecule has 0 amide bonds. The van der Waals surface area contributed by atoms with Crippen molar-refractivity contribution in [2.75, 3.05) is 12.4 Å². The van der Waals surface area contributed by atoms with Gasteiger partial charge < -0.3 is 9.72 Å². The summed E-state index contributed by atoms with van der Waals surface area (Å²) in [6, 6.07) is 14.0. The van der Waals surface area contributed by atoms with Crippen LogP contribution in [0, 0.1) is 5.82 Å². The number of aromatic nitrogens is 4. The van der Waals surface area contributed by atoms with Crippen LogP contribution in [0.5, 0.6) is 0 Å². The first-order valence-corrected chi connectivity index (χ1v) is 9.72. The van der Waals surface area contributed by atoms with Gasteiger partial charge >= 0.3 is 5.97 Å². The highest BCUT2D eigenvalue weighted by Gasteiger charge is 2.20. The Hall–Kier alpha value is -3.13. The molecule has 0 unspecified atom stereocenters. The Morgan fingerprint density at radius 2 is 1.96 bits per heavy atom. The number of fused-ring (bicyclic) bond motifs is 1. The summed E-state index contributed by atoms with van der Waals surface area (Å²) < 4.78 is 20.2. The van der Waals surface area contributed by atoms with Crippen LogP contribution in [0.2, 0.25) is 0 Å². The Kier molecular flexibility index (Phi) is 5.12. The molecule has 0 aliphatic carbocycles. The van der Waals surface area contributed by atoms with E-state index in [1.165, 1.54) is 23.9 Å². The van der Waals surface area contributed by atoms with Gasteiger partial charge in [-0.2, -0.15) is 0 Å². The largest absolute Gasteiger partial charge is 0.465 e. The van der Waals surface area contributed by atoms with Crippen molar-refractivity contribution in [3.05, 3.63) is 60.5 Å². The number of benzene rings is 2. The van der Waals surface area contributed by atoms with Crippen LogP contribution in [-0.4, -0.2) is 38.1 Å². The highest BCUT2D eigenvalue weighted by molar-refractivity contribution is 7.99. The van der Waals surface area contributed by atoms with Gasteiger partial charge in [0.05, 0.1) is 12.4 Å². The summed E-state index contributed by atoms with van der Waals surface area (Å²) in [7, 11) is 0. The first kappa shape index (κ1) is 18.2. The Bertz CT molecular complexity index is 1120. The number of esters is 1. The summed E-state index contributed by atoms with van der Waals surface area (Å²) in [5.74, 6) is 0.0672. The molecular weight excluding hydrogens is 379 g/mol. The van der Waals surface area contributed by atoms with E-state index in [1.807, 2.05) is 35.0 Å². The number of hydrogen-bond acceptors (Lipinski definition) is 5. The normalized spacial score (nSPS) is 11.1. The van der Waals surface area contributed by atoms with E-state index in [0.29, 0.717) is 23.3 Å². The number of carbonyl (C=O) groups is 1. The maximum Gasteiger partial charge on any atom is 0.316 e. The molecule has 0 saturated carbocycles. The maximum atomic E-state index is 13.4. The SMILES string of the molecule is CCOC(=O)CSc1nnc(-c2c[nH]c3ccccc23)n1-c1ccc(F)cc1. The van der Waals surface area contributed by atoms with Crippen molar-refractivity contribution in [1.82, 2.24) is 19.7 Å². The van der Waals surface area contributed by atoms with Crippen molar-refractivity contribution in [1.29, 1.82) is 0 Å². The average molecular weight is 396 g/mol. The molecule has 0 fully saturated rings. The van der Waals surface area contributed by atoms with Gasteiger partial charge in [0.2, 0.25) is 0 Å². The molecule has 0 radical (unpaired) electrons. The first-order chi connectivity index (χ1) is 13.7. The Morgan fingerprint density at radius 3 is 2.75 bits per heavy atom. The predicted molar refractivity (Wildman–Crippen MR) is 106 cm³/mol. The summed E-state index contributed by atoms with van der Waals surface area (Å²) in [6.07, 6.45) is 1.87. The Balaban J connectivity index is 1.80. The van der Waals surface area contributed by atoms with Crippen LogP contribution in [-0.2, 0) is 9.53 Å². The van der Waals surface area contributed by atoms with Crippen molar-refractivity contribution >= 4 is 28.6 Å².